The number of hydrogen-bond donors (Lipinski definition) is 1. The van der Waals surface area contributed by atoms with Gasteiger partial charge in [0.1, 0.15) is 17.4 Å². The molecule has 1 aromatic carbocycles. The number of aryl methyl sites for hydroxylation is 3. The SMILES string of the molecule is CNc1nc(C)nc(Oc2cc(C)cc(C)c2)c1C. The van der Waals surface area contributed by atoms with Crippen LogP contribution in [0.4, 0.5) is 5.82 Å². The van der Waals surface area contributed by atoms with E-state index in [0.717, 1.165) is 17.1 Å². The van der Waals surface area contributed by atoms with Gasteiger partial charge in [-0.2, -0.15) is 4.98 Å². The summed E-state index contributed by atoms with van der Waals surface area (Å²) in [5, 5.41) is 3.05. The molecule has 0 fully saturated rings. The van der Waals surface area contributed by atoms with Crippen LogP contribution in [0.1, 0.15) is 22.5 Å². The molecule has 0 saturated heterocycles. The van der Waals surface area contributed by atoms with Crippen LogP contribution in [0.3, 0.4) is 0 Å². The van der Waals surface area contributed by atoms with E-state index in [1.54, 1.807) is 0 Å². The summed E-state index contributed by atoms with van der Waals surface area (Å²) < 4.78 is 5.90. The van der Waals surface area contributed by atoms with E-state index in [2.05, 4.69) is 35.2 Å². The molecule has 4 nitrogen and oxygen atoms in total. The Morgan fingerprint density at radius 3 is 2.16 bits per heavy atom. The largest absolute Gasteiger partial charge is 0.439 e. The third kappa shape index (κ3) is 3.02. The number of benzene rings is 1. The van der Waals surface area contributed by atoms with Gasteiger partial charge in [0.2, 0.25) is 5.88 Å². The Morgan fingerprint density at radius 2 is 1.58 bits per heavy atom. The molecule has 0 spiro atoms. The molecule has 4 heteroatoms. The standard InChI is InChI=1S/C15H19N3O/c1-9-6-10(2)8-13(7-9)19-15-11(3)14(16-5)17-12(4)18-15/h6-8H,1-5H3,(H,16,17,18). The molecule has 0 saturated carbocycles. The maximum Gasteiger partial charge on any atom is 0.227 e. The molecule has 1 heterocycles. The van der Waals surface area contributed by atoms with Crippen LogP contribution in [0.2, 0.25) is 0 Å². The molecule has 1 N–H and O–H groups in total. The van der Waals surface area contributed by atoms with Gasteiger partial charge in [-0.15, -0.1) is 0 Å². The summed E-state index contributed by atoms with van der Waals surface area (Å²) >= 11 is 0. The van der Waals surface area contributed by atoms with E-state index in [-0.39, 0.29) is 0 Å². The van der Waals surface area contributed by atoms with E-state index < -0.39 is 0 Å². The summed E-state index contributed by atoms with van der Waals surface area (Å²) in [4.78, 5) is 8.69. The Bertz CT molecular complexity index is 588. The number of rotatable bonds is 3. The van der Waals surface area contributed by atoms with E-state index in [1.807, 2.05) is 33.0 Å². The van der Waals surface area contributed by atoms with Crippen LogP contribution in [0.25, 0.3) is 0 Å². The Morgan fingerprint density at radius 1 is 0.947 bits per heavy atom. The summed E-state index contributed by atoms with van der Waals surface area (Å²) in [6, 6.07) is 6.12. The van der Waals surface area contributed by atoms with Crippen LogP contribution in [-0.4, -0.2) is 17.0 Å². The molecular formula is C15H19N3O. The van der Waals surface area contributed by atoms with Crippen LogP contribution >= 0.6 is 0 Å². The Kier molecular flexibility index (Phi) is 3.69. The molecule has 0 aliphatic carbocycles. The maximum atomic E-state index is 5.90. The lowest BCUT2D eigenvalue weighted by Crippen LogP contribution is -2.03. The first-order chi connectivity index (χ1) is 8.99. The fraction of sp³-hybridized carbons (Fsp3) is 0.333. The van der Waals surface area contributed by atoms with Gasteiger partial charge >= 0.3 is 0 Å². The second-order valence-electron chi connectivity index (χ2n) is 4.73. The third-order valence-corrected chi connectivity index (χ3v) is 2.86. The van der Waals surface area contributed by atoms with Crippen molar-refractivity contribution in [2.75, 3.05) is 12.4 Å². The van der Waals surface area contributed by atoms with E-state index in [9.17, 15) is 0 Å². The number of anilines is 1. The summed E-state index contributed by atoms with van der Waals surface area (Å²) in [5.74, 6) is 2.89. The van der Waals surface area contributed by atoms with Crippen molar-refractivity contribution in [3.63, 3.8) is 0 Å². The third-order valence-electron chi connectivity index (χ3n) is 2.86. The molecule has 0 radical (unpaired) electrons. The van der Waals surface area contributed by atoms with Gasteiger partial charge in [-0.3, -0.25) is 0 Å². The van der Waals surface area contributed by atoms with Gasteiger partial charge in [0, 0.05) is 7.05 Å². The zero-order valence-electron chi connectivity index (χ0n) is 12.0. The zero-order chi connectivity index (χ0) is 14.0. The first-order valence-electron chi connectivity index (χ1n) is 6.28. The van der Waals surface area contributed by atoms with Crippen LogP contribution in [0.5, 0.6) is 11.6 Å². The number of ether oxygens (including phenoxy) is 1. The summed E-state index contributed by atoms with van der Waals surface area (Å²) in [5.41, 5.74) is 3.26. The molecule has 0 atom stereocenters. The minimum absolute atomic E-state index is 0.599. The lowest BCUT2D eigenvalue weighted by molar-refractivity contribution is 0.455. The molecule has 19 heavy (non-hydrogen) atoms. The molecule has 1 aromatic heterocycles. The number of nitrogens with zero attached hydrogens (tertiary/aromatic N) is 2. The van der Waals surface area contributed by atoms with Crippen molar-refractivity contribution in [1.82, 2.24) is 9.97 Å². The maximum absolute atomic E-state index is 5.90. The van der Waals surface area contributed by atoms with Gasteiger partial charge in [0.05, 0.1) is 5.56 Å². The van der Waals surface area contributed by atoms with Gasteiger partial charge in [-0.05, 0) is 51.0 Å². The molecule has 0 aliphatic rings. The Labute approximate surface area is 113 Å². The van der Waals surface area contributed by atoms with Crippen LogP contribution in [-0.2, 0) is 0 Å². The highest BCUT2D eigenvalue weighted by Gasteiger charge is 2.10. The lowest BCUT2D eigenvalue weighted by Gasteiger charge is -2.12. The highest BCUT2D eigenvalue weighted by Crippen LogP contribution is 2.28. The van der Waals surface area contributed by atoms with E-state index >= 15 is 0 Å². The monoisotopic (exact) mass is 257 g/mol. The van der Waals surface area contributed by atoms with Crippen molar-refractivity contribution in [2.45, 2.75) is 27.7 Å². The van der Waals surface area contributed by atoms with E-state index in [4.69, 9.17) is 4.74 Å². The highest BCUT2D eigenvalue weighted by molar-refractivity contribution is 5.49. The number of nitrogens with one attached hydrogen (secondary N) is 1. The van der Waals surface area contributed by atoms with Crippen molar-refractivity contribution in [2.24, 2.45) is 0 Å². The van der Waals surface area contributed by atoms with Gasteiger partial charge in [-0.1, -0.05) is 6.07 Å². The van der Waals surface area contributed by atoms with Gasteiger partial charge in [0.25, 0.3) is 0 Å². The molecular weight excluding hydrogens is 238 g/mol. The number of aromatic nitrogens is 2. The minimum Gasteiger partial charge on any atom is -0.439 e. The average Bonchev–Trinajstić information content (AvgIpc) is 2.32. The van der Waals surface area contributed by atoms with Crippen molar-refractivity contribution in [3.05, 3.63) is 40.7 Å². The smallest absolute Gasteiger partial charge is 0.227 e. The van der Waals surface area contributed by atoms with Crippen LogP contribution in [0, 0.1) is 27.7 Å². The van der Waals surface area contributed by atoms with Crippen LogP contribution < -0.4 is 10.1 Å². The van der Waals surface area contributed by atoms with E-state index in [0.29, 0.717) is 11.7 Å². The first-order valence-corrected chi connectivity index (χ1v) is 6.28. The predicted molar refractivity (Wildman–Crippen MR) is 77.0 cm³/mol. The normalized spacial score (nSPS) is 10.4. The molecule has 0 unspecified atom stereocenters. The topological polar surface area (TPSA) is 47.0 Å². The predicted octanol–water partition coefficient (Wildman–Crippen LogP) is 3.54. The van der Waals surface area contributed by atoms with Crippen LogP contribution in [0.15, 0.2) is 18.2 Å². The summed E-state index contributed by atoms with van der Waals surface area (Å²) in [6.45, 7) is 7.91. The molecule has 2 aromatic rings. The van der Waals surface area contributed by atoms with Crippen molar-refractivity contribution >= 4 is 5.82 Å². The second kappa shape index (κ2) is 5.26. The fourth-order valence-electron chi connectivity index (χ4n) is 2.05. The summed E-state index contributed by atoms with van der Waals surface area (Å²) in [6.07, 6.45) is 0. The Hall–Kier alpha value is -2.10. The fourth-order valence-corrected chi connectivity index (χ4v) is 2.05. The van der Waals surface area contributed by atoms with Gasteiger partial charge < -0.3 is 10.1 Å². The average molecular weight is 257 g/mol. The van der Waals surface area contributed by atoms with Gasteiger partial charge in [-0.25, -0.2) is 4.98 Å². The molecule has 2 rings (SSSR count). The van der Waals surface area contributed by atoms with Gasteiger partial charge in [0.15, 0.2) is 0 Å². The van der Waals surface area contributed by atoms with Crippen molar-refractivity contribution < 1.29 is 4.74 Å². The molecule has 0 bridgehead atoms. The van der Waals surface area contributed by atoms with Crippen molar-refractivity contribution in [3.8, 4) is 11.6 Å². The second-order valence-corrected chi connectivity index (χ2v) is 4.73. The molecule has 100 valence electrons. The van der Waals surface area contributed by atoms with E-state index in [1.165, 1.54) is 11.1 Å². The minimum atomic E-state index is 0.599. The highest BCUT2D eigenvalue weighted by atomic mass is 16.5. The lowest BCUT2D eigenvalue weighted by atomic mass is 10.1. The number of hydrogen-bond acceptors (Lipinski definition) is 4. The summed E-state index contributed by atoms with van der Waals surface area (Å²) in [7, 11) is 1.84. The molecule has 0 amide bonds. The molecule has 0 aliphatic heterocycles. The Balaban J connectivity index is 2.40. The van der Waals surface area contributed by atoms with Crippen molar-refractivity contribution in [1.29, 1.82) is 0 Å². The quantitative estimate of drug-likeness (QED) is 0.913. The first kappa shape index (κ1) is 13.3. The zero-order valence-corrected chi connectivity index (χ0v) is 12.0.